The minimum absolute atomic E-state index is 0.790. The maximum Gasteiger partial charge on any atom is 0.144 e. The van der Waals surface area contributed by atoms with Crippen molar-refractivity contribution in [2.75, 3.05) is 7.05 Å². The third-order valence-electron chi connectivity index (χ3n) is 1.95. The van der Waals surface area contributed by atoms with Crippen LogP contribution in [0.15, 0.2) is 33.8 Å². The van der Waals surface area contributed by atoms with Crippen LogP contribution in [-0.4, -0.2) is 18.0 Å². The van der Waals surface area contributed by atoms with Crippen molar-refractivity contribution in [2.45, 2.75) is 6.42 Å². The predicted molar refractivity (Wildman–Crippen MR) is 59.3 cm³/mol. The fourth-order valence-corrected chi connectivity index (χ4v) is 1.71. The van der Waals surface area contributed by atoms with Crippen LogP contribution in [0.25, 0.3) is 0 Å². The average molecular weight is 255 g/mol. The van der Waals surface area contributed by atoms with Gasteiger partial charge in [0.1, 0.15) is 5.84 Å². The molecule has 4 nitrogen and oxygen atoms in total. The molecule has 5 heteroatoms. The zero-order valence-corrected chi connectivity index (χ0v) is 9.37. The van der Waals surface area contributed by atoms with Gasteiger partial charge in [-0.05, 0) is 11.6 Å². The van der Waals surface area contributed by atoms with Crippen molar-refractivity contribution in [3.8, 4) is 0 Å². The fourth-order valence-electron chi connectivity index (χ4n) is 1.28. The van der Waals surface area contributed by atoms with E-state index in [4.69, 9.17) is 0 Å². The molecular formula is C9H11BrN4. The summed E-state index contributed by atoms with van der Waals surface area (Å²) in [6.07, 6.45) is 0.790. The Balaban J connectivity index is 2.08. The van der Waals surface area contributed by atoms with Crippen LogP contribution in [0.3, 0.4) is 0 Å². The Bertz CT molecular complexity index is 364. The molecule has 1 heterocycles. The number of nitrogens with one attached hydrogen (secondary N) is 2. The van der Waals surface area contributed by atoms with Crippen molar-refractivity contribution in [3.05, 3.63) is 34.3 Å². The molecule has 14 heavy (non-hydrogen) atoms. The van der Waals surface area contributed by atoms with Gasteiger partial charge in [-0.1, -0.05) is 34.1 Å². The summed E-state index contributed by atoms with van der Waals surface area (Å²) < 4.78 is 1.11. The van der Waals surface area contributed by atoms with Crippen molar-refractivity contribution in [2.24, 2.45) is 5.10 Å². The van der Waals surface area contributed by atoms with Crippen LogP contribution in [0, 0.1) is 0 Å². The number of benzene rings is 1. The second-order valence-electron chi connectivity index (χ2n) is 3.10. The van der Waals surface area contributed by atoms with E-state index in [9.17, 15) is 0 Å². The number of hydrazine groups is 2. The van der Waals surface area contributed by atoms with Crippen LogP contribution >= 0.6 is 15.9 Å². The van der Waals surface area contributed by atoms with Crippen LogP contribution in [0.1, 0.15) is 5.56 Å². The molecule has 0 unspecified atom stereocenters. The number of rotatable bonds is 2. The molecule has 0 saturated heterocycles. The van der Waals surface area contributed by atoms with E-state index in [0.717, 1.165) is 16.7 Å². The molecule has 0 fully saturated rings. The van der Waals surface area contributed by atoms with Gasteiger partial charge in [0, 0.05) is 17.9 Å². The van der Waals surface area contributed by atoms with Gasteiger partial charge in [0.15, 0.2) is 0 Å². The molecule has 0 spiro atoms. The summed E-state index contributed by atoms with van der Waals surface area (Å²) in [6.45, 7) is 0. The van der Waals surface area contributed by atoms with E-state index in [-0.39, 0.29) is 0 Å². The van der Waals surface area contributed by atoms with Crippen LogP contribution < -0.4 is 11.0 Å². The number of hydrazone groups is 1. The highest BCUT2D eigenvalue weighted by molar-refractivity contribution is 9.10. The molecule has 0 aliphatic carbocycles. The third-order valence-corrected chi connectivity index (χ3v) is 2.72. The first-order valence-corrected chi connectivity index (χ1v) is 5.11. The highest BCUT2D eigenvalue weighted by atomic mass is 79.9. The van der Waals surface area contributed by atoms with Gasteiger partial charge in [-0.25, -0.2) is 5.53 Å². The molecule has 1 aliphatic rings. The number of amidine groups is 1. The zero-order chi connectivity index (χ0) is 9.97. The summed E-state index contributed by atoms with van der Waals surface area (Å²) in [6, 6.07) is 8.13. The molecule has 1 aliphatic heterocycles. The Kier molecular flexibility index (Phi) is 2.69. The number of halogens is 1. The highest BCUT2D eigenvalue weighted by Gasteiger charge is 2.11. The van der Waals surface area contributed by atoms with Crippen LogP contribution in [-0.2, 0) is 6.42 Å². The lowest BCUT2D eigenvalue weighted by atomic mass is 10.1. The topological polar surface area (TPSA) is 39.7 Å². The molecule has 0 atom stereocenters. The second-order valence-corrected chi connectivity index (χ2v) is 3.95. The first kappa shape index (κ1) is 9.48. The number of hydrogen-bond donors (Lipinski definition) is 2. The van der Waals surface area contributed by atoms with Gasteiger partial charge in [0.05, 0.1) is 0 Å². The smallest absolute Gasteiger partial charge is 0.144 e. The largest absolute Gasteiger partial charge is 0.286 e. The van der Waals surface area contributed by atoms with E-state index in [2.05, 4.69) is 38.1 Å². The minimum Gasteiger partial charge on any atom is -0.286 e. The molecule has 2 rings (SSSR count). The van der Waals surface area contributed by atoms with E-state index in [0.29, 0.717) is 0 Å². The van der Waals surface area contributed by atoms with E-state index < -0.39 is 0 Å². The normalized spacial score (nSPS) is 16.0. The van der Waals surface area contributed by atoms with Crippen LogP contribution in [0.4, 0.5) is 0 Å². The van der Waals surface area contributed by atoms with Gasteiger partial charge >= 0.3 is 0 Å². The summed E-state index contributed by atoms with van der Waals surface area (Å²) in [5.41, 5.74) is 7.10. The molecule has 0 aromatic heterocycles. The fraction of sp³-hybridized carbons (Fsp3) is 0.222. The quantitative estimate of drug-likeness (QED) is 0.835. The molecule has 0 saturated carbocycles. The van der Waals surface area contributed by atoms with Crippen molar-refractivity contribution < 1.29 is 0 Å². The van der Waals surface area contributed by atoms with Crippen molar-refractivity contribution in [1.82, 2.24) is 16.1 Å². The SMILES string of the molecule is CN1NN=C(Cc2ccccc2Br)N1. The zero-order valence-electron chi connectivity index (χ0n) is 7.79. The summed E-state index contributed by atoms with van der Waals surface area (Å²) in [7, 11) is 1.87. The van der Waals surface area contributed by atoms with Gasteiger partial charge < -0.3 is 0 Å². The Morgan fingerprint density at radius 2 is 2.21 bits per heavy atom. The monoisotopic (exact) mass is 254 g/mol. The Labute approximate surface area is 91.1 Å². The lowest BCUT2D eigenvalue weighted by molar-refractivity contribution is 0.231. The second kappa shape index (κ2) is 3.98. The average Bonchev–Trinajstić information content (AvgIpc) is 2.56. The lowest BCUT2D eigenvalue weighted by Gasteiger charge is -2.08. The summed E-state index contributed by atoms with van der Waals surface area (Å²) >= 11 is 3.50. The summed E-state index contributed by atoms with van der Waals surface area (Å²) in [4.78, 5) is 0. The van der Waals surface area contributed by atoms with Crippen molar-refractivity contribution >= 4 is 21.8 Å². The van der Waals surface area contributed by atoms with Crippen molar-refractivity contribution in [3.63, 3.8) is 0 Å². The Morgan fingerprint density at radius 3 is 2.86 bits per heavy atom. The van der Waals surface area contributed by atoms with Gasteiger partial charge in [0.25, 0.3) is 0 Å². The van der Waals surface area contributed by atoms with Crippen LogP contribution in [0.5, 0.6) is 0 Å². The maximum absolute atomic E-state index is 4.11. The van der Waals surface area contributed by atoms with E-state index in [1.54, 1.807) is 5.12 Å². The number of nitrogens with zero attached hydrogens (tertiary/aromatic N) is 2. The summed E-state index contributed by atoms with van der Waals surface area (Å²) in [5.74, 6) is 0.916. The van der Waals surface area contributed by atoms with Gasteiger partial charge in [0.2, 0.25) is 0 Å². The van der Waals surface area contributed by atoms with E-state index >= 15 is 0 Å². The lowest BCUT2D eigenvalue weighted by Crippen LogP contribution is -2.38. The van der Waals surface area contributed by atoms with E-state index in [1.165, 1.54) is 5.56 Å². The van der Waals surface area contributed by atoms with Gasteiger partial charge in [-0.15, -0.1) is 10.2 Å². The maximum atomic E-state index is 4.11. The highest BCUT2D eigenvalue weighted by Crippen LogP contribution is 2.16. The molecule has 74 valence electrons. The predicted octanol–water partition coefficient (Wildman–Crippen LogP) is 1.26. The first-order chi connectivity index (χ1) is 6.75. The molecule has 1 aromatic carbocycles. The Morgan fingerprint density at radius 1 is 1.43 bits per heavy atom. The van der Waals surface area contributed by atoms with E-state index in [1.807, 2.05) is 25.2 Å². The minimum atomic E-state index is 0.790. The molecule has 0 radical (unpaired) electrons. The summed E-state index contributed by atoms with van der Waals surface area (Å²) in [5, 5.41) is 5.83. The molecule has 0 bridgehead atoms. The molecular weight excluding hydrogens is 244 g/mol. The van der Waals surface area contributed by atoms with Gasteiger partial charge in [-0.3, -0.25) is 5.43 Å². The molecule has 1 aromatic rings. The Hall–Kier alpha value is -1.07. The standard InChI is InChI=1S/C9H11BrN4/c1-14-12-9(11-13-14)6-7-4-2-3-5-8(7)10/h2-5,13H,6H2,1H3,(H,11,12). The van der Waals surface area contributed by atoms with Crippen molar-refractivity contribution in [1.29, 1.82) is 0 Å². The molecule has 0 amide bonds. The number of hydrogen-bond acceptors (Lipinski definition) is 4. The molecule has 2 N–H and O–H groups in total. The van der Waals surface area contributed by atoms with Crippen LogP contribution in [0.2, 0.25) is 0 Å². The first-order valence-electron chi connectivity index (χ1n) is 4.32. The van der Waals surface area contributed by atoms with Gasteiger partial charge in [-0.2, -0.15) is 0 Å². The third kappa shape index (κ3) is 2.05.